The molecule has 0 amide bonds. The molecule has 0 radical (unpaired) electrons. The first kappa shape index (κ1) is 16.4. The molecular formula is C12H22NW-. The third-order valence-corrected chi connectivity index (χ3v) is 1.90. The van der Waals surface area contributed by atoms with Crippen LogP contribution in [0.3, 0.4) is 0 Å². The van der Waals surface area contributed by atoms with Crippen molar-refractivity contribution in [2.45, 2.75) is 53.4 Å². The van der Waals surface area contributed by atoms with E-state index in [1.807, 2.05) is 38.3 Å². The minimum absolute atomic E-state index is 1.10. The van der Waals surface area contributed by atoms with Crippen LogP contribution >= 0.6 is 0 Å². The molecule has 0 aromatic rings. The topological polar surface area (TPSA) is 12.4 Å². The van der Waals surface area contributed by atoms with Crippen molar-refractivity contribution >= 4 is 10.6 Å². The van der Waals surface area contributed by atoms with E-state index in [-0.39, 0.29) is 0 Å². The average Bonchev–Trinajstić information content (AvgIpc) is 2.33. The van der Waals surface area contributed by atoms with Crippen LogP contribution in [-0.2, 0) is 19.4 Å². The van der Waals surface area contributed by atoms with Gasteiger partial charge < -0.3 is 0 Å². The molecule has 0 atom stereocenters. The predicted molar refractivity (Wildman–Crippen MR) is 62.5 cm³/mol. The molecule has 1 aliphatic rings. The van der Waals surface area contributed by atoms with Crippen molar-refractivity contribution in [2.75, 3.05) is 0 Å². The molecule has 0 aromatic carbocycles. The summed E-state index contributed by atoms with van der Waals surface area (Å²) in [5, 5.41) is 0. The molecule has 0 saturated carbocycles. The van der Waals surface area contributed by atoms with Gasteiger partial charge in [0.2, 0.25) is 0 Å². The van der Waals surface area contributed by atoms with Crippen LogP contribution in [0.2, 0.25) is 0 Å². The molecule has 14 heavy (non-hydrogen) atoms. The van der Waals surface area contributed by atoms with Gasteiger partial charge in [-0.05, 0) is 0 Å². The summed E-state index contributed by atoms with van der Waals surface area (Å²) < 4.78 is 2.03. The summed E-state index contributed by atoms with van der Waals surface area (Å²) in [5.41, 5.74) is 1.16. The van der Waals surface area contributed by atoms with E-state index in [1.165, 1.54) is 32.2 Å². The Kier molecular flexibility index (Phi) is 18.1. The number of hydrogen-bond acceptors (Lipinski definition) is 1. The van der Waals surface area contributed by atoms with Gasteiger partial charge in [-0.15, -0.1) is 0 Å². The van der Waals surface area contributed by atoms with Crippen LogP contribution in [0, 0.1) is 6.08 Å². The van der Waals surface area contributed by atoms with E-state index >= 15 is 0 Å². The Morgan fingerprint density at radius 3 is 2.29 bits per heavy atom. The molecule has 0 aliphatic heterocycles. The Morgan fingerprint density at radius 2 is 1.86 bits per heavy atom. The summed E-state index contributed by atoms with van der Waals surface area (Å²) in [4.78, 5) is 4.25. The van der Waals surface area contributed by atoms with Gasteiger partial charge in [0.05, 0.1) is 0 Å². The number of allylic oxidation sites excluding steroid dienone is 2. The van der Waals surface area contributed by atoms with E-state index in [9.17, 15) is 0 Å². The Morgan fingerprint density at radius 1 is 1.21 bits per heavy atom. The first-order chi connectivity index (χ1) is 6.93. The third-order valence-electron chi connectivity index (χ3n) is 1.46. The quantitative estimate of drug-likeness (QED) is 0.523. The van der Waals surface area contributed by atoms with Crippen molar-refractivity contribution in [3.8, 4) is 0 Å². The van der Waals surface area contributed by atoms with Crippen LogP contribution in [0.4, 0.5) is 0 Å². The molecule has 0 heterocycles. The number of hydrogen-bond donors (Lipinski definition) is 0. The second kappa shape index (κ2) is 15.4. The summed E-state index contributed by atoms with van der Waals surface area (Å²) in [6.45, 7) is 8.00. The number of nitrogens with zero attached hydrogens (tertiary/aromatic N) is 1. The molecule has 0 bridgehead atoms. The first-order valence-electron chi connectivity index (χ1n) is 5.51. The average molecular weight is 364 g/mol. The monoisotopic (exact) mass is 364 g/mol. The zero-order valence-corrected chi connectivity index (χ0v) is 12.8. The number of aliphatic imine (C=N–C) groups is 1. The van der Waals surface area contributed by atoms with Crippen LogP contribution in [0.1, 0.15) is 53.4 Å². The molecule has 0 fully saturated rings. The molecule has 1 rings (SSSR count). The SMILES string of the molecule is CC.CC.[W]=[CH]C=NC1=[C-]CCCC1. The fourth-order valence-electron chi connectivity index (χ4n) is 0.969. The Hall–Kier alpha value is -0.0317. The van der Waals surface area contributed by atoms with Gasteiger partial charge in [0.15, 0.2) is 0 Å². The van der Waals surface area contributed by atoms with Crippen molar-refractivity contribution in [2.24, 2.45) is 4.99 Å². The van der Waals surface area contributed by atoms with Crippen LogP contribution in [-0.4, -0.2) is 10.6 Å². The number of rotatable bonds is 2. The summed E-state index contributed by atoms with van der Waals surface area (Å²) in [6.07, 6.45) is 9.94. The van der Waals surface area contributed by atoms with Gasteiger partial charge in [0.25, 0.3) is 0 Å². The normalized spacial score (nSPS) is 14.4. The van der Waals surface area contributed by atoms with Crippen LogP contribution in [0.25, 0.3) is 0 Å². The standard InChI is InChI=1S/C8H10N.2C2H6.W/c1-2-9-8-6-4-3-5-7-8;2*1-2;/h1-2H,3-6H2;2*1-2H3;/q-1;;;. The maximum atomic E-state index is 4.25. The molecule has 2 heteroatoms. The Balaban J connectivity index is 0. The molecule has 0 saturated heterocycles. The predicted octanol–water partition coefficient (Wildman–Crippen LogP) is 3.72. The Bertz CT molecular complexity index is 168. The van der Waals surface area contributed by atoms with E-state index in [2.05, 4.69) is 11.1 Å². The summed E-state index contributed by atoms with van der Waals surface area (Å²) in [7, 11) is 0. The molecular weight excluding hydrogens is 342 g/mol. The van der Waals surface area contributed by atoms with Gasteiger partial charge in [0, 0.05) is 0 Å². The van der Waals surface area contributed by atoms with Gasteiger partial charge in [-0.25, -0.2) is 0 Å². The molecule has 0 unspecified atom stereocenters. The molecule has 1 aliphatic carbocycles. The van der Waals surface area contributed by atoms with Crippen molar-refractivity contribution in [3.63, 3.8) is 0 Å². The van der Waals surface area contributed by atoms with E-state index < -0.39 is 0 Å². The van der Waals surface area contributed by atoms with Gasteiger partial charge in [-0.2, -0.15) is 0 Å². The molecule has 0 aromatic heterocycles. The van der Waals surface area contributed by atoms with Crippen molar-refractivity contribution < 1.29 is 19.4 Å². The second-order valence-electron chi connectivity index (χ2n) is 2.24. The van der Waals surface area contributed by atoms with E-state index in [4.69, 9.17) is 0 Å². The Labute approximate surface area is 100 Å². The molecule has 1 nitrogen and oxygen atoms in total. The fraction of sp³-hybridized carbons (Fsp3) is 0.667. The first-order valence-corrected chi connectivity index (χ1v) is 7.20. The van der Waals surface area contributed by atoms with Gasteiger partial charge >= 0.3 is 72.4 Å². The fourth-order valence-corrected chi connectivity index (χ4v) is 1.19. The zero-order chi connectivity index (χ0) is 11.2. The minimum atomic E-state index is 1.10. The molecule has 82 valence electrons. The van der Waals surface area contributed by atoms with Crippen LogP contribution in [0.5, 0.6) is 0 Å². The molecule has 0 N–H and O–H groups in total. The molecule has 0 spiro atoms. The van der Waals surface area contributed by atoms with Gasteiger partial charge in [-0.1, -0.05) is 27.7 Å². The summed E-state index contributed by atoms with van der Waals surface area (Å²) >= 11 is 1.45. The van der Waals surface area contributed by atoms with E-state index in [0.717, 1.165) is 18.5 Å². The van der Waals surface area contributed by atoms with E-state index in [1.54, 1.807) is 0 Å². The zero-order valence-electron chi connectivity index (χ0n) is 9.84. The maximum absolute atomic E-state index is 4.25. The van der Waals surface area contributed by atoms with Crippen LogP contribution in [0.15, 0.2) is 10.7 Å². The van der Waals surface area contributed by atoms with Gasteiger partial charge in [0.1, 0.15) is 0 Å². The third kappa shape index (κ3) is 10.1. The summed E-state index contributed by atoms with van der Waals surface area (Å²) in [5.74, 6) is 0. The van der Waals surface area contributed by atoms with Crippen molar-refractivity contribution in [1.82, 2.24) is 0 Å². The van der Waals surface area contributed by atoms with Crippen LogP contribution < -0.4 is 0 Å². The second-order valence-corrected chi connectivity index (χ2v) is 3.22. The van der Waals surface area contributed by atoms with Crippen molar-refractivity contribution in [3.05, 3.63) is 11.8 Å². The summed E-state index contributed by atoms with van der Waals surface area (Å²) in [6, 6.07) is 0. The van der Waals surface area contributed by atoms with E-state index in [0.29, 0.717) is 0 Å². The van der Waals surface area contributed by atoms with Gasteiger partial charge in [-0.3, -0.25) is 0 Å². The van der Waals surface area contributed by atoms with Crippen molar-refractivity contribution in [1.29, 1.82) is 0 Å².